The van der Waals surface area contributed by atoms with E-state index in [1.54, 1.807) is 30.5 Å². The molecule has 0 unspecified atom stereocenters. The van der Waals surface area contributed by atoms with Gasteiger partial charge in [-0.1, -0.05) is 17.7 Å². The molecule has 4 N–H and O–H groups in total. The minimum absolute atomic E-state index is 0.176. The van der Waals surface area contributed by atoms with Crippen LogP contribution in [0.5, 0.6) is 5.75 Å². The highest BCUT2D eigenvalue weighted by Crippen LogP contribution is 2.27. The first kappa shape index (κ1) is 13.2. The number of carbonyl (C=O) groups excluding carboxylic acids is 1. The molecule has 0 aliphatic rings. The van der Waals surface area contributed by atoms with Gasteiger partial charge in [0.1, 0.15) is 6.61 Å². The van der Waals surface area contributed by atoms with Crippen LogP contribution < -0.4 is 16.2 Å². The number of pyridine rings is 1. The van der Waals surface area contributed by atoms with Crippen molar-refractivity contribution in [3.05, 3.63) is 52.8 Å². The second kappa shape index (κ2) is 5.58. The summed E-state index contributed by atoms with van der Waals surface area (Å²) in [4.78, 5) is 15.2. The number of hydrogen-bond acceptors (Lipinski definition) is 4. The highest BCUT2D eigenvalue weighted by molar-refractivity contribution is 6.31. The summed E-state index contributed by atoms with van der Waals surface area (Å²) < 4.78 is 5.56. The van der Waals surface area contributed by atoms with Crippen LogP contribution in [0.3, 0.4) is 0 Å². The van der Waals surface area contributed by atoms with E-state index in [0.29, 0.717) is 10.7 Å². The van der Waals surface area contributed by atoms with Gasteiger partial charge in [-0.25, -0.2) is 0 Å². The highest BCUT2D eigenvalue weighted by atomic mass is 35.5. The Bertz CT molecular complexity index is 617. The molecule has 1 aromatic carbocycles. The number of ether oxygens (including phenoxy) is 1. The van der Waals surface area contributed by atoms with Crippen molar-refractivity contribution in [1.82, 2.24) is 4.98 Å². The van der Waals surface area contributed by atoms with Crippen LogP contribution in [-0.2, 0) is 6.61 Å². The summed E-state index contributed by atoms with van der Waals surface area (Å²) in [6, 6.07) is 6.56. The van der Waals surface area contributed by atoms with Gasteiger partial charge in [-0.3, -0.25) is 9.78 Å². The summed E-state index contributed by atoms with van der Waals surface area (Å²) in [5.74, 6) is -0.328. The van der Waals surface area contributed by atoms with Gasteiger partial charge in [0.2, 0.25) is 0 Å². The summed E-state index contributed by atoms with van der Waals surface area (Å²) in [6.45, 7) is 0.176. The summed E-state index contributed by atoms with van der Waals surface area (Å²) >= 11 is 5.97. The third-order valence-electron chi connectivity index (χ3n) is 2.54. The molecule has 1 aromatic heterocycles. The first-order chi connectivity index (χ1) is 9.09. The summed E-state index contributed by atoms with van der Waals surface area (Å²) in [6.07, 6.45) is 3.12. The van der Waals surface area contributed by atoms with E-state index in [-0.39, 0.29) is 17.9 Å². The van der Waals surface area contributed by atoms with Gasteiger partial charge >= 0.3 is 0 Å². The van der Waals surface area contributed by atoms with Crippen LogP contribution in [0.2, 0.25) is 5.02 Å². The van der Waals surface area contributed by atoms with E-state index in [9.17, 15) is 4.79 Å². The molecule has 0 saturated carbocycles. The van der Waals surface area contributed by atoms with Crippen molar-refractivity contribution in [3.63, 3.8) is 0 Å². The lowest BCUT2D eigenvalue weighted by Crippen LogP contribution is -2.14. The maximum atomic E-state index is 11.3. The number of carbonyl (C=O) groups is 1. The van der Waals surface area contributed by atoms with Gasteiger partial charge in [0.25, 0.3) is 5.91 Å². The number of para-hydroxylation sites is 1. The Morgan fingerprint density at radius 3 is 2.84 bits per heavy atom. The molecule has 0 spiro atoms. The lowest BCUT2D eigenvalue weighted by molar-refractivity contribution is 0.0996. The molecule has 0 bridgehead atoms. The van der Waals surface area contributed by atoms with Crippen LogP contribution >= 0.6 is 11.6 Å². The number of nitrogens with zero attached hydrogens (tertiary/aromatic N) is 1. The lowest BCUT2D eigenvalue weighted by Gasteiger charge is -2.12. The Balaban J connectivity index is 2.25. The number of aromatic nitrogens is 1. The van der Waals surface area contributed by atoms with Gasteiger partial charge in [0.05, 0.1) is 16.3 Å². The standard InChI is InChI=1S/C13H12ClN3O2/c14-10-6-17-5-4-8(10)7-19-12-9(13(16)18)2-1-3-11(12)15/h1-6H,7,15H2,(H2,16,18). The Labute approximate surface area is 115 Å². The van der Waals surface area contributed by atoms with Crippen LogP contribution in [0.25, 0.3) is 0 Å². The molecule has 0 saturated heterocycles. The van der Waals surface area contributed by atoms with E-state index in [2.05, 4.69) is 4.98 Å². The van der Waals surface area contributed by atoms with Gasteiger partial charge in [-0.05, 0) is 18.2 Å². The van der Waals surface area contributed by atoms with Crippen molar-refractivity contribution in [2.45, 2.75) is 6.61 Å². The zero-order valence-electron chi connectivity index (χ0n) is 9.97. The number of hydrogen-bond donors (Lipinski definition) is 2. The first-order valence-corrected chi connectivity index (χ1v) is 5.87. The molecule has 0 atom stereocenters. The molecule has 19 heavy (non-hydrogen) atoms. The van der Waals surface area contributed by atoms with Crippen molar-refractivity contribution in [3.8, 4) is 5.75 Å². The van der Waals surface area contributed by atoms with E-state index in [1.807, 2.05) is 0 Å². The third kappa shape index (κ3) is 2.95. The number of primary amides is 1. The topological polar surface area (TPSA) is 91.2 Å². The molecule has 0 aliphatic heterocycles. The van der Waals surface area contributed by atoms with Gasteiger partial charge in [-0.15, -0.1) is 0 Å². The minimum atomic E-state index is -0.594. The quantitative estimate of drug-likeness (QED) is 0.836. The molecule has 98 valence electrons. The minimum Gasteiger partial charge on any atom is -0.486 e. The SMILES string of the molecule is NC(=O)c1cccc(N)c1OCc1ccncc1Cl. The molecule has 5 nitrogen and oxygen atoms in total. The number of benzene rings is 1. The zero-order chi connectivity index (χ0) is 13.8. The number of amides is 1. The highest BCUT2D eigenvalue weighted by Gasteiger charge is 2.13. The summed E-state index contributed by atoms with van der Waals surface area (Å²) in [5.41, 5.74) is 12.4. The van der Waals surface area contributed by atoms with Crippen LogP contribution in [-0.4, -0.2) is 10.9 Å². The van der Waals surface area contributed by atoms with Crippen LogP contribution in [0.1, 0.15) is 15.9 Å². The number of nitrogen functional groups attached to an aromatic ring is 1. The monoisotopic (exact) mass is 277 g/mol. The number of anilines is 1. The predicted molar refractivity (Wildman–Crippen MR) is 73.0 cm³/mol. The Hall–Kier alpha value is -2.27. The average Bonchev–Trinajstić information content (AvgIpc) is 2.38. The fourth-order valence-corrected chi connectivity index (χ4v) is 1.75. The fraction of sp³-hybridized carbons (Fsp3) is 0.0769. The molecule has 1 heterocycles. The van der Waals surface area contributed by atoms with Gasteiger partial charge < -0.3 is 16.2 Å². The molecule has 6 heteroatoms. The van der Waals surface area contributed by atoms with E-state index >= 15 is 0 Å². The average molecular weight is 278 g/mol. The maximum Gasteiger partial charge on any atom is 0.252 e. The van der Waals surface area contributed by atoms with E-state index in [0.717, 1.165) is 5.56 Å². The molecule has 2 aromatic rings. The molecule has 0 aliphatic carbocycles. The third-order valence-corrected chi connectivity index (χ3v) is 2.88. The van der Waals surface area contributed by atoms with Crippen molar-refractivity contribution in [2.75, 3.05) is 5.73 Å². The summed E-state index contributed by atoms with van der Waals surface area (Å²) in [5, 5.41) is 0.484. The van der Waals surface area contributed by atoms with Crippen LogP contribution in [0.4, 0.5) is 5.69 Å². The van der Waals surface area contributed by atoms with Crippen LogP contribution in [0.15, 0.2) is 36.7 Å². The smallest absolute Gasteiger partial charge is 0.252 e. The lowest BCUT2D eigenvalue weighted by atomic mass is 10.1. The fourth-order valence-electron chi connectivity index (χ4n) is 1.58. The van der Waals surface area contributed by atoms with Gasteiger partial charge in [0, 0.05) is 18.0 Å². The van der Waals surface area contributed by atoms with E-state index in [4.69, 9.17) is 27.8 Å². The normalized spacial score (nSPS) is 10.2. The van der Waals surface area contributed by atoms with Crippen LogP contribution in [0, 0.1) is 0 Å². The molecule has 1 amide bonds. The first-order valence-electron chi connectivity index (χ1n) is 5.49. The van der Waals surface area contributed by atoms with Crippen molar-refractivity contribution in [2.24, 2.45) is 5.73 Å². The zero-order valence-corrected chi connectivity index (χ0v) is 10.7. The number of rotatable bonds is 4. The molecular weight excluding hydrogens is 266 g/mol. The Morgan fingerprint density at radius 1 is 1.37 bits per heavy atom. The van der Waals surface area contributed by atoms with Gasteiger partial charge in [0.15, 0.2) is 5.75 Å². The number of halogens is 1. The van der Waals surface area contributed by atoms with Crippen molar-refractivity contribution < 1.29 is 9.53 Å². The second-order valence-electron chi connectivity index (χ2n) is 3.84. The van der Waals surface area contributed by atoms with Gasteiger partial charge in [-0.2, -0.15) is 0 Å². The predicted octanol–water partition coefficient (Wildman–Crippen LogP) is 2.00. The summed E-state index contributed by atoms with van der Waals surface area (Å²) in [7, 11) is 0. The Morgan fingerprint density at radius 2 is 2.16 bits per heavy atom. The van der Waals surface area contributed by atoms with Crippen molar-refractivity contribution >= 4 is 23.2 Å². The van der Waals surface area contributed by atoms with Crippen molar-refractivity contribution in [1.29, 1.82) is 0 Å². The maximum absolute atomic E-state index is 11.3. The molecule has 2 rings (SSSR count). The van der Waals surface area contributed by atoms with E-state index in [1.165, 1.54) is 6.20 Å². The molecule has 0 fully saturated rings. The molecular formula is C13H12ClN3O2. The number of nitrogens with two attached hydrogens (primary N) is 2. The second-order valence-corrected chi connectivity index (χ2v) is 4.25. The molecule has 0 radical (unpaired) electrons. The Kier molecular flexibility index (Phi) is 3.87. The van der Waals surface area contributed by atoms with E-state index < -0.39 is 5.91 Å². The largest absolute Gasteiger partial charge is 0.486 e.